The summed E-state index contributed by atoms with van der Waals surface area (Å²) < 4.78 is 11.6. The van der Waals surface area contributed by atoms with Crippen LogP contribution in [-0.2, 0) is 6.61 Å². The first-order chi connectivity index (χ1) is 12.2. The topological polar surface area (TPSA) is 38.7 Å². The molecule has 3 heteroatoms. The molecule has 3 aromatic carbocycles. The third kappa shape index (κ3) is 4.85. The molecule has 25 heavy (non-hydrogen) atoms. The van der Waals surface area contributed by atoms with Gasteiger partial charge >= 0.3 is 0 Å². The lowest BCUT2D eigenvalue weighted by Crippen LogP contribution is -1.95. The second-order valence-electron chi connectivity index (χ2n) is 5.84. The summed E-state index contributed by atoms with van der Waals surface area (Å²) in [7, 11) is 0. The number of rotatable bonds is 7. The zero-order chi connectivity index (χ0) is 17.5. The van der Waals surface area contributed by atoms with Gasteiger partial charge in [-0.15, -0.1) is 0 Å². The minimum absolute atomic E-state index is 0.421. The summed E-state index contributed by atoms with van der Waals surface area (Å²) in [5, 5.41) is 9.82. The number of aliphatic hydroxyl groups excluding tert-OH is 1. The Morgan fingerprint density at radius 1 is 0.760 bits per heavy atom. The lowest BCUT2D eigenvalue weighted by atomic mass is 10.1. The number of hydrogen-bond donors (Lipinski definition) is 1. The van der Waals surface area contributed by atoms with Crippen molar-refractivity contribution in [3.63, 3.8) is 0 Å². The summed E-state index contributed by atoms with van der Waals surface area (Å²) in [5.41, 5.74) is 2.04. The van der Waals surface area contributed by atoms with E-state index >= 15 is 0 Å². The summed E-state index contributed by atoms with van der Waals surface area (Å²) >= 11 is 0. The highest BCUT2D eigenvalue weighted by atomic mass is 16.5. The molecule has 128 valence electrons. The van der Waals surface area contributed by atoms with Crippen molar-refractivity contribution in [1.82, 2.24) is 0 Å². The maximum atomic E-state index is 9.82. The molecule has 0 aliphatic rings. The Balaban J connectivity index is 1.57. The van der Waals surface area contributed by atoms with Crippen molar-refractivity contribution in [3.8, 4) is 17.2 Å². The van der Waals surface area contributed by atoms with Crippen molar-refractivity contribution >= 4 is 0 Å². The Bertz CT molecular complexity index is 765. The minimum Gasteiger partial charge on any atom is -0.489 e. The van der Waals surface area contributed by atoms with Crippen LogP contribution >= 0.6 is 0 Å². The maximum absolute atomic E-state index is 9.82. The molecule has 0 saturated heterocycles. The van der Waals surface area contributed by atoms with Crippen molar-refractivity contribution in [1.29, 1.82) is 0 Å². The number of aliphatic hydroxyl groups is 1. The molecule has 0 heterocycles. The zero-order valence-electron chi connectivity index (χ0n) is 14.3. The Kier molecular flexibility index (Phi) is 5.70. The molecule has 1 atom stereocenters. The van der Waals surface area contributed by atoms with Crippen LogP contribution in [0.15, 0.2) is 78.9 Å². The third-order valence-corrected chi connectivity index (χ3v) is 3.96. The van der Waals surface area contributed by atoms with Crippen LogP contribution < -0.4 is 9.47 Å². The van der Waals surface area contributed by atoms with E-state index in [1.54, 1.807) is 0 Å². The van der Waals surface area contributed by atoms with Crippen LogP contribution in [-0.4, -0.2) is 5.11 Å². The summed E-state index contributed by atoms with van der Waals surface area (Å²) in [5.74, 6) is 2.29. The monoisotopic (exact) mass is 334 g/mol. The second kappa shape index (κ2) is 8.36. The van der Waals surface area contributed by atoms with Crippen LogP contribution in [0.25, 0.3) is 0 Å². The molecular formula is C22H22O3. The quantitative estimate of drug-likeness (QED) is 0.620. The first-order valence-electron chi connectivity index (χ1n) is 8.47. The SMILES string of the molecule is CC[C@H](O)c1ccc(Oc2ccc(OCc3ccccc3)cc2)cc1. The van der Waals surface area contributed by atoms with Gasteiger partial charge in [-0.1, -0.05) is 49.4 Å². The van der Waals surface area contributed by atoms with E-state index in [4.69, 9.17) is 9.47 Å². The molecule has 3 rings (SSSR count). The van der Waals surface area contributed by atoms with E-state index in [9.17, 15) is 5.11 Å². The smallest absolute Gasteiger partial charge is 0.127 e. The predicted molar refractivity (Wildman–Crippen MR) is 99.0 cm³/mol. The van der Waals surface area contributed by atoms with Gasteiger partial charge in [0.15, 0.2) is 0 Å². The Hall–Kier alpha value is -2.78. The first-order valence-corrected chi connectivity index (χ1v) is 8.47. The highest BCUT2D eigenvalue weighted by molar-refractivity contribution is 5.36. The van der Waals surface area contributed by atoms with Gasteiger partial charge in [-0.05, 0) is 53.9 Å². The second-order valence-corrected chi connectivity index (χ2v) is 5.84. The zero-order valence-corrected chi connectivity index (χ0v) is 14.3. The normalized spacial score (nSPS) is 11.8. The molecule has 0 aliphatic carbocycles. The van der Waals surface area contributed by atoms with Gasteiger partial charge in [0.2, 0.25) is 0 Å². The van der Waals surface area contributed by atoms with Crippen molar-refractivity contribution in [2.24, 2.45) is 0 Å². The molecule has 0 aliphatic heterocycles. The molecule has 3 nitrogen and oxygen atoms in total. The van der Waals surface area contributed by atoms with Crippen LogP contribution in [0.5, 0.6) is 17.2 Å². The van der Waals surface area contributed by atoms with E-state index in [2.05, 4.69) is 0 Å². The number of ether oxygens (including phenoxy) is 2. The highest BCUT2D eigenvalue weighted by Gasteiger charge is 2.05. The lowest BCUT2D eigenvalue weighted by molar-refractivity contribution is 0.173. The summed E-state index contributed by atoms with van der Waals surface area (Å²) in [6.45, 7) is 2.50. The average molecular weight is 334 g/mol. The molecule has 0 saturated carbocycles. The van der Waals surface area contributed by atoms with Crippen LogP contribution in [0.2, 0.25) is 0 Å². The largest absolute Gasteiger partial charge is 0.489 e. The van der Waals surface area contributed by atoms with Gasteiger partial charge in [0.05, 0.1) is 6.10 Å². The standard InChI is InChI=1S/C22H22O3/c1-2-22(23)18-8-10-20(11-9-18)25-21-14-12-19(13-15-21)24-16-17-6-4-3-5-7-17/h3-15,22-23H,2,16H2,1H3/t22-/m0/s1. The van der Waals surface area contributed by atoms with Crippen molar-refractivity contribution in [3.05, 3.63) is 90.0 Å². The average Bonchev–Trinajstić information content (AvgIpc) is 2.68. The van der Waals surface area contributed by atoms with E-state index in [0.717, 1.165) is 28.4 Å². The van der Waals surface area contributed by atoms with Gasteiger partial charge in [0, 0.05) is 0 Å². The molecule has 0 amide bonds. The molecule has 3 aromatic rings. The van der Waals surface area contributed by atoms with Gasteiger partial charge in [0.25, 0.3) is 0 Å². The van der Waals surface area contributed by atoms with Crippen LogP contribution in [0.4, 0.5) is 0 Å². The summed E-state index contributed by atoms with van der Waals surface area (Å²) in [4.78, 5) is 0. The predicted octanol–water partition coefficient (Wildman–Crippen LogP) is 5.50. The highest BCUT2D eigenvalue weighted by Crippen LogP contribution is 2.26. The molecule has 0 fully saturated rings. The molecule has 0 spiro atoms. The van der Waals surface area contributed by atoms with E-state index in [1.165, 1.54) is 0 Å². The van der Waals surface area contributed by atoms with Gasteiger partial charge in [-0.2, -0.15) is 0 Å². The molecule has 0 radical (unpaired) electrons. The molecule has 0 aromatic heterocycles. The van der Waals surface area contributed by atoms with Crippen molar-refractivity contribution in [2.75, 3.05) is 0 Å². The van der Waals surface area contributed by atoms with Crippen molar-refractivity contribution in [2.45, 2.75) is 26.1 Å². The van der Waals surface area contributed by atoms with E-state index in [1.807, 2.05) is 85.8 Å². The molecular weight excluding hydrogens is 312 g/mol. The Labute approximate surface area is 148 Å². The first kappa shape index (κ1) is 17.1. The van der Waals surface area contributed by atoms with Gasteiger partial charge in [-0.3, -0.25) is 0 Å². The van der Waals surface area contributed by atoms with E-state index in [0.29, 0.717) is 13.0 Å². The fourth-order valence-corrected chi connectivity index (χ4v) is 2.47. The third-order valence-electron chi connectivity index (χ3n) is 3.96. The van der Waals surface area contributed by atoms with Gasteiger partial charge in [-0.25, -0.2) is 0 Å². The molecule has 0 unspecified atom stereocenters. The lowest BCUT2D eigenvalue weighted by Gasteiger charge is -2.11. The number of hydrogen-bond acceptors (Lipinski definition) is 3. The van der Waals surface area contributed by atoms with Crippen LogP contribution in [0, 0.1) is 0 Å². The fourth-order valence-electron chi connectivity index (χ4n) is 2.47. The van der Waals surface area contributed by atoms with Gasteiger partial charge < -0.3 is 14.6 Å². The van der Waals surface area contributed by atoms with E-state index in [-0.39, 0.29) is 0 Å². The van der Waals surface area contributed by atoms with Crippen LogP contribution in [0.3, 0.4) is 0 Å². The van der Waals surface area contributed by atoms with Crippen molar-refractivity contribution < 1.29 is 14.6 Å². The summed E-state index contributed by atoms with van der Waals surface area (Å²) in [6, 6.07) is 25.1. The Morgan fingerprint density at radius 2 is 1.32 bits per heavy atom. The fraction of sp³-hybridized carbons (Fsp3) is 0.182. The maximum Gasteiger partial charge on any atom is 0.127 e. The minimum atomic E-state index is -0.421. The molecule has 1 N–H and O–H groups in total. The summed E-state index contributed by atoms with van der Waals surface area (Å²) in [6.07, 6.45) is 0.278. The molecule has 0 bridgehead atoms. The van der Waals surface area contributed by atoms with Gasteiger partial charge in [0.1, 0.15) is 23.9 Å². The number of benzene rings is 3. The Morgan fingerprint density at radius 3 is 1.92 bits per heavy atom. The van der Waals surface area contributed by atoms with Crippen LogP contribution in [0.1, 0.15) is 30.6 Å². The van der Waals surface area contributed by atoms with E-state index < -0.39 is 6.10 Å².